The van der Waals surface area contributed by atoms with Crippen LogP contribution >= 0.6 is 0 Å². The van der Waals surface area contributed by atoms with Crippen molar-refractivity contribution < 1.29 is 253 Å². The van der Waals surface area contributed by atoms with Crippen molar-refractivity contribution in [1.29, 1.82) is 0 Å². The molecule has 0 aromatic rings. The van der Waals surface area contributed by atoms with Gasteiger partial charge in [0, 0.05) is 48.0 Å². The van der Waals surface area contributed by atoms with Crippen LogP contribution in [0.25, 0.3) is 0 Å². The molecule has 0 spiro atoms. The Bertz CT molecular complexity index is 3840. The van der Waals surface area contributed by atoms with Crippen LogP contribution in [0.15, 0.2) is 50.6 Å². The van der Waals surface area contributed by atoms with E-state index in [-0.39, 0.29) is 108 Å². The Morgan fingerprint density at radius 3 is 0.766 bits per heavy atom. The second-order valence-corrected chi connectivity index (χ2v) is 30.5. The number of carbonyl (C=O) groups excluding carboxylic acids is 4. The smallest absolute Gasteiger partial charge is 0.442 e. The maximum Gasteiger partial charge on any atom is 0.449 e. The maximum absolute atomic E-state index is 16.5. The molecule has 0 amide bonds. The lowest BCUT2D eigenvalue weighted by Gasteiger charge is -2.64. The fourth-order valence-electron chi connectivity index (χ4n) is 16.8. The van der Waals surface area contributed by atoms with E-state index in [1.807, 2.05) is 0 Å². The van der Waals surface area contributed by atoms with Gasteiger partial charge < -0.3 is 58.3 Å². The number of aliphatic hydroxyl groups is 4. The molecule has 4 aliphatic heterocycles. The first-order valence-electron chi connectivity index (χ1n) is 35.7. The van der Waals surface area contributed by atoms with Crippen molar-refractivity contribution in [3.05, 3.63) is 50.6 Å². The summed E-state index contributed by atoms with van der Waals surface area (Å²) in [5.41, 5.74) is -44.1. The number of hydrogen-bond acceptors (Lipinski definition) is 16. The predicted octanol–water partition coefficient (Wildman–Crippen LogP) is 19.6. The molecule has 4 heterocycles. The number of rotatable bonds is 12. The number of ether oxygens (including phenoxy) is 8. The minimum atomic E-state index is -6.99. The fraction of sp³-hybridized carbons (Fsp3) is 0.824. The van der Waals surface area contributed by atoms with E-state index in [1.54, 1.807) is 0 Å². The Balaban J connectivity index is 0.000000296. The van der Waals surface area contributed by atoms with Gasteiger partial charge in [0.2, 0.25) is 34.0 Å². The minimum Gasteiger partial charge on any atom is -0.442 e. The molecule has 4 saturated carbocycles. The van der Waals surface area contributed by atoms with Gasteiger partial charge in [0.15, 0.2) is 0 Å². The topological polar surface area (TPSA) is 223 Å². The molecule has 12 unspecified atom stereocenters. The first-order valence-corrected chi connectivity index (χ1v) is 35.7. The summed E-state index contributed by atoms with van der Waals surface area (Å²) >= 11 is 0. The Morgan fingerprint density at radius 1 is 0.274 bits per heavy atom. The molecule has 8 fully saturated rings. The van der Waals surface area contributed by atoms with Gasteiger partial charge in [-0.05, 0) is 79.1 Å². The van der Waals surface area contributed by atoms with E-state index in [1.165, 1.54) is 0 Å². The van der Waals surface area contributed by atoms with Crippen LogP contribution in [0.3, 0.4) is 0 Å². The van der Waals surface area contributed by atoms with E-state index >= 15 is 43.9 Å². The van der Waals surface area contributed by atoms with E-state index in [0.29, 0.717) is 0 Å². The van der Waals surface area contributed by atoms with E-state index in [4.69, 9.17) is 0 Å². The second kappa shape index (κ2) is 33.0. The van der Waals surface area contributed by atoms with Crippen molar-refractivity contribution in [3.63, 3.8) is 0 Å². The monoisotopic (exact) mass is 1900 g/mol. The maximum atomic E-state index is 16.5. The molecule has 4 aliphatic carbocycles. The van der Waals surface area contributed by atoms with Gasteiger partial charge >= 0.3 is 143 Å². The van der Waals surface area contributed by atoms with Gasteiger partial charge in [0.1, 0.15) is 0 Å². The number of carbonyl (C=O) groups is 4. The number of esters is 4. The first-order chi connectivity index (χ1) is 55.1. The van der Waals surface area contributed by atoms with Crippen LogP contribution in [0.5, 0.6) is 0 Å². The minimum absolute atomic E-state index is 0.0315. The standard InChI is InChI=1S/C22H26F10O4.2C17H18F10O4.C12H10F10O4/c1-2-15(33)35-16(13-9-5-3-6-10-13)18(23,24)17(21(27,28)29,14-11-7-4-8-12-14)36-20(34,19(16,25)26)22(30,31)32;1-3-10(28)30-13(17(25,26)27)14(18,19)11(2,29)31-12(15(13,20)21,16(22,23)24)9-7-5-4-6-8-9;1-3-10(28)30-12(9-7-5-4-6-8-9)13(18,19)11(2,16(22,23)24)31-15(29,14(12,20)21)17(25,26)27;1-4-5(23)25-8(12(20,21)22)9(13,14)6(2,11(17,18)19)26-7(3,24)10(8,15)16/h2,13-14,34H,1,3-12H2;2*3,9,29H,1,4-8H2,2H3;4,24H,1H2,2-3H3. The summed E-state index contributed by atoms with van der Waals surface area (Å²) in [7, 11) is 0. The van der Waals surface area contributed by atoms with Crippen molar-refractivity contribution in [1.82, 2.24) is 0 Å². The lowest BCUT2D eigenvalue weighted by molar-refractivity contribution is -0.570. The number of alkyl halides is 40. The first kappa shape index (κ1) is 108. The SMILES string of the molecule is C=CC(=O)OC1(C(F)(F)F)C(F)(F)C(C)(O)OC(C)(C(F)(F)F)C1(F)F.C=CC(=O)OC1(C(F)(F)F)C(F)(F)C(C)(O)OC(C2CCCCC2)(C(F)(F)F)C1(F)F.C=CC(=O)OC1(C2CCCCC2)C(F)(F)C(C)(C(F)(F)F)OC(O)(C(F)(F)F)C1(F)F.C=CC(=O)OC1(C2CCCCC2)C(F)(F)C(O)(C(F)(F)F)OC(C2CCCCC2)(C(F)(F)F)C1(F)F. The zero-order valence-corrected chi connectivity index (χ0v) is 63.4. The summed E-state index contributed by atoms with van der Waals surface area (Å²) in [6.45, 7) is 8.69. The van der Waals surface area contributed by atoms with Crippen molar-refractivity contribution in [2.24, 2.45) is 23.7 Å². The average Bonchev–Trinajstić information content (AvgIpc) is 0.678. The van der Waals surface area contributed by atoms with Gasteiger partial charge in [-0.2, -0.15) is 176 Å². The van der Waals surface area contributed by atoms with Crippen LogP contribution in [0.1, 0.15) is 156 Å². The molecule has 12 atom stereocenters. The lowest BCUT2D eigenvalue weighted by atomic mass is 9.58. The molecule has 0 aromatic heterocycles. The molecule has 8 aliphatic rings. The average molecular weight is 1910 g/mol. The Morgan fingerprint density at radius 2 is 0.508 bits per heavy atom. The molecule has 720 valence electrons. The van der Waals surface area contributed by atoms with Crippen LogP contribution < -0.4 is 0 Å². The van der Waals surface area contributed by atoms with Crippen molar-refractivity contribution >= 4 is 23.9 Å². The fourth-order valence-corrected chi connectivity index (χ4v) is 16.8. The molecular weight excluding hydrogens is 1830 g/mol. The van der Waals surface area contributed by atoms with Gasteiger partial charge in [-0.1, -0.05) is 103 Å². The lowest BCUT2D eigenvalue weighted by Crippen LogP contribution is -2.90. The summed E-state index contributed by atoms with van der Waals surface area (Å²) in [6, 6.07) is 0. The van der Waals surface area contributed by atoms with Crippen LogP contribution in [0.4, 0.5) is 176 Å². The zero-order chi connectivity index (χ0) is 97.2. The van der Waals surface area contributed by atoms with E-state index < -0.39 is 284 Å². The highest BCUT2D eigenvalue weighted by Gasteiger charge is 3.04. The largest absolute Gasteiger partial charge is 0.449 e. The molecule has 4 saturated heterocycles. The Labute approximate surface area is 671 Å². The number of hydrogen-bond donors (Lipinski definition) is 4. The van der Waals surface area contributed by atoms with Crippen molar-refractivity contribution in [2.45, 2.75) is 321 Å². The quantitative estimate of drug-likeness (QED) is 0.0617. The summed E-state index contributed by atoms with van der Waals surface area (Å²) in [5.74, 6) is -90.8. The zero-order valence-electron chi connectivity index (χ0n) is 63.4. The highest BCUT2D eigenvalue weighted by atomic mass is 19.5. The third-order valence-electron chi connectivity index (χ3n) is 23.1. The number of halogens is 40. The molecule has 0 aromatic carbocycles. The van der Waals surface area contributed by atoms with Gasteiger partial charge in [0.25, 0.3) is 11.2 Å². The van der Waals surface area contributed by atoms with Gasteiger partial charge in [-0.3, -0.25) is 0 Å². The highest BCUT2D eigenvalue weighted by Crippen LogP contribution is 2.76. The van der Waals surface area contributed by atoms with E-state index in [9.17, 15) is 171 Å². The van der Waals surface area contributed by atoms with Gasteiger partial charge in [-0.15, -0.1) is 0 Å². The summed E-state index contributed by atoms with van der Waals surface area (Å²) in [6.07, 6.45) is -59.2. The van der Waals surface area contributed by atoms with Crippen molar-refractivity contribution in [3.8, 4) is 0 Å². The van der Waals surface area contributed by atoms with Gasteiger partial charge in [0.05, 0.1) is 0 Å². The molecular formula is C68H72F40O16. The van der Waals surface area contributed by atoms with Crippen molar-refractivity contribution in [2.75, 3.05) is 0 Å². The summed E-state index contributed by atoms with van der Waals surface area (Å²) < 4.78 is 605. The third-order valence-corrected chi connectivity index (χ3v) is 23.1. The van der Waals surface area contributed by atoms with Crippen LogP contribution in [0.2, 0.25) is 0 Å². The molecule has 0 radical (unpaired) electrons. The summed E-state index contributed by atoms with van der Waals surface area (Å²) in [4.78, 5) is 46.4. The van der Waals surface area contributed by atoms with Crippen LogP contribution in [0, 0.1) is 23.7 Å². The predicted molar refractivity (Wildman–Crippen MR) is 328 cm³/mol. The highest BCUT2D eigenvalue weighted by molar-refractivity contribution is 5.83. The Hall–Kier alpha value is -6.28. The van der Waals surface area contributed by atoms with E-state index in [0.717, 1.165) is 0 Å². The van der Waals surface area contributed by atoms with Gasteiger partial charge in [-0.25, -0.2) is 19.2 Å². The van der Waals surface area contributed by atoms with E-state index in [2.05, 4.69) is 64.2 Å². The molecule has 0 bridgehead atoms. The van der Waals surface area contributed by atoms with Crippen LogP contribution in [-0.4, -0.2) is 209 Å². The molecule has 124 heavy (non-hydrogen) atoms. The second-order valence-electron chi connectivity index (χ2n) is 30.5. The molecule has 16 nitrogen and oxygen atoms in total. The third kappa shape index (κ3) is 15.1. The molecule has 4 N–H and O–H groups in total. The molecule has 56 heteroatoms. The Kier molecular flexibility index (Phi) is 28.8. The van der Waals surface area contributed by atoms with Crippen LogP contribution in [-0.2, 0) is 57.1 Å². The molecule has 8 rings (SSSR count). The normalized spacial score (nSPS) is 36.6. The summed E-state index contributed by atoms with van der Waals surface area (Å²) in [5, 5.41) is 39.4.